The fraction of sp³-hybridized carbons (Fsp3) is 0.364. The van der Waals surface area contributed by atoms with Gasteiger partial charge in [0.15, 0.2) is 5.96 Å². The second-order valence-electron chi connectivity index (χ2n) is 6.39. The van der Waals surface area contributed by atoms with Crippen molar-refractivity contribution < 1.29 is 9.53 Å². The third-order valence-electron chi connectivity index (χ3n) is 4.10. The van der Waals surface area contributed by atoms with Crippen LogP contribution < -0.4 is 20.7 Å². The number of amides is 1. The van der Waals surface area contributed by atoms with E-state index in [1.807, 2.05) is 62.4 Å². The molecule has 6 nitrogen and oxygen atoms in total. The Labute approximate surface area is 190 Å². The number of rotatable bonds is 9. The quantitative estimate of drug-likeness (QED) is 0.267. The number of carbonyl (C=O) groups excluding carboxylic acids is 1. The van der Waals surface area contributed by atoms with Gasteiger partial charge in [-0.1, -0.05) is 31.2 Å². The van der Waals surface area contributed by atoms with Gasteiger partial charge in [-0.25, -0.2) is 4.99 Å². The highest BCUT2D eigenvalue weighted by atomic mass is 127. The summed E-state index contributed by atoms with van der Waals surface area (Å²) in [6.07, 6.45) is 1.39. The Morgan fingerprint density at radius 2 is 1.62 bits per heavy atom. The number of carbonyl (C=O) groups is 1. The van der Waals surface area contributed by atoms with E-state index >= 15 is 0 Å². The zero-order chi connectivity index (χ0) is 20.2. The number of guanidine groups is 1. The number of halogens is 1. The molecule has 0 unspecified atom stereocenters. The van der Waals surface area contributed by atoms with Crippen LogP contribution in [-0.2, 0) is 17.9 Å². The SMILES string of the molecule is CCCC(=O)Nc1ccc(CNC(=NCc2ccc(OC)cc2)NCC)cc1.I. The van der Waals surface area contributed by atoms with Crippen LogP contribution in [0.5, 0.6) is 5.75 Å². The van der Waals surface area contributed by atoms with E-state index in [2.05, 4.69) is 20.9 Å². The molecule has 0 radical (unpaired) electrons. The lowest BCUT2D eigenvalue weighted by Gasteiger charge is -2.12. The van der Waals surface area contributed by atoms with Gasteiger partial charge >= 0.3 is 0 Å². The largest absolute Gasteiger partial charge is 0.497 e. The van der Waals surface area contributed by atoms with Gasteiger partial charge in [0.1, 0.15) is 5.75 Å². The third kappa shape index (κ3) is 9.17. The van der Waals surface area contributed by atoms with E-state index in [1.54, 1.807) is 7.11 Å². The fourth-order valence-electron chi connectivity index (χ4n) is 2.59. The average molecular weight is 510 g/mol. The predicted octanol–water partition coefficient (Wildman–Crippen LogP) is 4.31. The maximum Gasteiger partial charge on any atom is 0.224 e. The first-order chi connectivity index (χ1) is 13.6. The molecular weight excluding hydrogens is 479 g/mol. The van der Waals surface area contributed by atoms with Crippen LogP contribution in [0.4, 0.5) is 5.69 Å². The van der Waals surface area contributed by atoms with Crippen molar-refractivity contribution in [2.75, 3.05) is 19.0 Å². The van der Waals surface area contributed by atoms with Crippen molar-refractivity contribution in [1.29, 1.82) is 0 Å². The zero-order valence-corrected chi connectivity index (χ0v) is 19.7. The van der Waals surface area contributed by atoms with Gasteiger partial charge in [-0.2, -0.15) is 0 Å². The van der Waals surface area contributed by atoms with Crippen LogP contribution >= 0.6 is 24.0 Å². The third-order valence-corrected chi connectivity index (χ3v) is 4.10. The summed E-state index contributed by atoms with van der Waals surface area (Å²) in [6.45, 7) is 6.06. The van der Waals surface area contributed by atoms with Crippen LogP contribution in [0.25, 0.3) is 0 Å². The minimum atomic E-state index is 0. The van der Waals surface area contributed by atoms with Crippen LogP contribution in [0.1, 0.15) is 37.8 Å². The summed E-state index contributed by atoms with van der Waals surface area (Å²) in [7, 11) is 1.66. The van der Waals surface area contributed by atoms with Crippen molar-refractivity contribution in [2.24, 2.45) is 4.99 Å². The first kappa shape index (κ1) is 24.7. The molecule has 2 aromatic rings. The molecule has 0 bridgehead atoms. The molecule has 2 rings (SSSR count). The van der Waals surface area contributed by atoms with E-state index in [-0.39, 0.29) is 29.9 Å². The van der Waals surface area contributed by atoms with Crippen molar-refractivity contribution >= 4 is 41.5 Å². The molecule has 2 aromatic carbocycles. The summed E-state index contributed by atoms with van der Waals surface area (Å²) < 4.78 is 5.18. The fourth-order valence-corrected chi connectivity index (χ4v) is 2.59. The molecule has 0 saturated heterocycles. The van der Waals surface area contributed by atoms with Crippen LogP contribution in [-0.4, -0.2) is 25.5 Å². The zero-order valence-electron chi connectivity index (χ0n) is 17.3. The van der Waals surface area contributed by atoms with Gasteiger partial charge in [-0.05, 0) is 48.7 Å². The van der Waals surface area contributed by atoms with Crippen LogP contribution in [0.2, 0.25) is 0 Å². The second kappa shape index (κ2) is 13.8. The molecule has 158 valence electrons. The minimum absolute atomic E-state index is 0. The smallest absolute Gasteiger partial charge is 0.224 e. The molecule has 0 aliphatic rings. The number of nitrogens with one attached hydrogen (secondary N) is 3. The number of nitrogens with zero attached hydrogens (tertiary/aromatic N) is 1. The number of anilines is 1. The van der Waals surface area contributed by atoms with Gasteiger partial charge in [0.2, 0.25) is 5.91 Å². The summed E-state index contributed by atoms with van der Waals surface area (Å²) in [4.78, 5) is 16.3. The summed E-state index contributed by atoms with van der Waals surface area (Å²) in [5, 5.41) is 9.49. The number of aliphatic imine (C=N–C) groups is 1. The first-order valence-corrected chi connectivity index (χ1v) is 9.68. The molecule has 7 heteroatoms. The molecule has 0 spiro atoms. The lowest BCUT2D eigenvalue weighted by molar-refractivity contribution is -0.116. The Bertz CT molecular complexity index is 761. The molecule has 0 aliphatic heterocycles. The maximum atomic E-state index is 11.7. The van der Waals surface area contributed by atoms with Gasteiger partial charge in [0, 0.05) is 25.2 Å². The normalized spacial score (nSPS) is 10.7. The van der Waals surface area contributed by atoms with E-state index in [4.69, 9.17) is 4.74 Å². The molecule has 0 fully saturated rings. The highest BCUT2D eigenvalue weighted by molar-refractivity contribution is 14.0. The van der Waals surface area contributed by atoms with Gasteiger partial charge in [-0.3, -0.25) is 4.79 Å². The Balaban J connectivity index is 0.00000420. The van der Waals surface area contributed by atoms with Gasteiger partial charge in [0.25, 0.3) is 0 Å². The molecule has 0 atom stereocenters. The van der Waals surface area contributed by atoms with Gasteiger partial charge in [-0.15, -0.1) is 24.0 Å². The average Bonchev–Trinajstić information content (AvgIpc) is 2.71. The van der Waals surface area contributed by atoms with E-state index in [9.17, 15) is 4.79 Å². The number of hydrogen-bond acceptors (Lipinski definition) is 3. The lowest BCUT2D eigenvalue weighted by Crippen LogP contribution is -2.36. The Morgan fingerprint density at radius 1 is 0.966 bits per heavy atom. The van der Waals surface area contributed by atoms with E-state index < -0.39 is 0 Å². The second-order valence-corrected chi connectivity index (χ2v) is 6.39. The van der Waals surface area contributed by atoms with Gasteiger partial charge < -0.3 is 20.7 Å². The Kier molecular flexibility index (Phi) is 11.8. The Hall–Kier alpha value is -2.29. The van der Waals surface area contributed by atoms with Crippen molar-refractivity contribution in [2.45, 2.75) is 39.8 Å². The number of ether oxygens (including phenoxy) is 1. The highest BCUT2D eigenvalue weighted by Gasteiger charge is 2.02. The van der Waals surface area contributed by atoms with Crippen LogP contribution in [0, 0.1) is 0 Å². The predicted molar refractivity (Wildman–Crippen MR) is 130 cm³/mol. The van der Waals surface area contributed by atoms with Crippen molar-refractivity contribution in [3.05, 3.63) is 59.7 Å². The molecule has 0 aliphatic carbocycles. The summed E-state index contributed by atoms with van der Waals surface area (Å²) >= 11 is 0. The lowest BCUT2D eigenvalue weighted by atomic mass is 10.2. The maximum absolute atomic E-state index is 11.7. The van der Waals surface area contributed by atoms with E-state index in [0.29, 0.717) is 19.5 Å². The van der Waals surface area contributed by atoms with Crippen molar-refractivity contribution in [3.63, 3.8) is 0 Å². The summed E-state index contributed by atoms with van der Waals surface area (Å²) in [5.41, 5.74) is 3.05. The highest BCUT2D eigenvalue weighted by Crippen LogP contribution is 2.12. The summed E-state index contributed by atoms with van der Waals surface area (Å²) in [6, 6.07) is 15.7. The summed E-state index contributed by atoms with van der Waals surface area (Å²) in [5.74, 6) is 1.65. The topological polar surface area (TPSA) is 74.8 Å². The van der Waals surface area contributed by atoms with E-state index in [0.717, 1.165) is 41.5 Å². The van der Waals surface area contributed by atoms with Gasteiger partial charge in [0.05, 0.1) is 13.7 Å². The number of benzene rings is 2. The minimum Gasteiger partial charge on any atom is -0.497 e. The molecule has 0 heterocycles. The van der Waals surface area contributed by atoms with Crippen molar-refractivity contribution in [3.8, 4) is 5.75 Å². The molecule has 29 heavy (non-hydrogen) atoms. The molecule has 3 N–H and O–H groups in total. The molecule has 0 aromatic heterocycles. The van der Waals surface area contributed by atoms with Crippen LogP contribution in [0.3, 0.4) is 0 Å². The first-order valence-electron chi connectivity index (χ1n) is 9.68. The monoisotopic (exact) mass is 510 g/mol. The molecule has 0 saturated carbocycles. The number of hydrogen-bond donors (Lipinski definition) is 3. The van der Waals surface area contributed by atoms with Crippen LogP contribution in [0.15, 0.2) is 53.5 Å². The molecule has 1 amide bonds. The number of methoxy groups -OCH3 is 1. The molecular formula is C22H31IN4O2. The Morgan fingerprint density at radius 3 is 2.21 bits per heavy atom. The van der Waals surface area contributed by atoms with Crippen molar-refractivity contribution in [1.82, 2.24) is 10.6 Å². The standard InChI is InChI=1S/C22H30N4O2.HI/c1-4-6-21(27)26-19-11-7-17(8-12-19)15-24-22(23-5-2)25-16-18-9-13-20(28-3)14-10-18;/h7-14H,4-6,15-16H2,1-3H3,(H,26,27)(H2,23,24,25);1H. The van der Waals surface area contributed by atoms with E-state index in [1.165, 1.54) is 0 Å².